The van der Waals surface area contributed by atoms with Crippen molar-refractivity contribution in [3.8, 4) is 0 Å². The minimum absolute atomic E-state index is 0. The molecule has 0 spiro atoms. The Bertz CT molecular complexity index is 422. The van der Waals surface area contributed by atoms with Gasteiger partial charge in [-0.2, -0.15) is 0 Å². The Morgan fingerprint density at radius 3 is 2.84 bits per heavy atom. The Balaban J connectivity index is 0.00000180. The molecule has 2 rings (SSSR count). The molecule has 1 unspecified atom stereocenters. The Morgan fingerprint density at radius 1 is 1.42 bits per heavy atom. The molecule has 1 aromatic rings. The molecular formula is C15H23ClN2O. The van der Waals surface area contributed by atoms with Gasteiger partial charge in [-0.25, -0.2) is 0 Å². The SMILES string of the molecule is Cc1ccccc1CCC(=O)N1CCCC1CN.Cl. The minimum atomic E-state index is 0. The van der Waals surface area contributed by atoms with Crippen molar-refractivity contribution in [3.63, 3.8) is 0 Å². The van der Waals surface area contributed by atoms with E-state index in [1.54, 1.807) is 0 Å². The van der Waals surface area contributed by atoms with Crippen LogP contribution in [0.2, 0.25) is 0 Å². The van der Waals surface area contributed by atoms with E-state index in [2.05, 4.69) is 19.1 Å². The van der Waals surface area contributed by atoms with E-state index in [4.69, 9.17) is 5.73 Å². The maximum atomic E-state index is 12.2. The van der Waals surface area contributed by atoms with Gasteiger partial charge in [-0.1, -0.05) is 24.3 Å². The molecule has 0 aromatic heterocycles. The standard InChI is InChI=1S/C15H22N2O.ClH/c1-12-5-2-3-6-13(12)8-9-15(18)17-10-4-7-14(17)11-16;/h2-3,5-6,14H,4,7-11,16H2,1H3;1H. The molecule has 0 aliphatic carbocycles. The molecule has 1 saturated heterocycles. The number of amides is 1. The summed E-state index contributed by atoms with van der Waals surface area (Å²) in [7, 11) is 0. The summed E-state index contributed by atoms with van der Waals surface area (Å²) in [6.07, 6.45) is 3.59. The number of rotatable bonds is 4. The quantitative estimate of drug-likeness (QED) is 0.921. The average Bonchev–Trinajstić information content (AvgIpc) is 2.86. The lowest BCUT2D eigenvalue weighted by Crippen LogP contribution is -2.40. The summed E-state index contributed by atoms with van der Waals surface area (Å²) in [5.74, 6) is 0.256. The van der Waals surface area contributed by atoms with Crippen molar-refractivity contribution in [2.24, 2.45) is 5.73 Å². The molecule has 1 heterocycles. The Morgan fingerprint density at radius 2 is 2.16 bits per heavy atom. The number of likely N-dealkylation sites (tertiary alicyclic amines) is 1. The zero-order valence-electron chi connectivity index (χ0n) is 11.5. The second-order valence-corrected chi connectivity index (χ2v) is 5.05. The van der Waals surface area contributed by atoms with Crippen LogP contribution in [0.3, 0.4) is 0 Å². The number of halogens is 1. The fraction of sp³-hybridized carbons (Fsp3) is 0.533. The fourth-order valence-corrected chi connectivity index (χ4v) is 2.68. The number of hydrogen-bond acceptors (Lipinski definition) is 2. The van der Waals surface area contributed by atoms with Crippen molar-refractivity contribution >= 4 is 18.3 Å². The molecule has 1 aromatic carbocycles. The highest BCUT2D eigenvalue weighted by Crippen LogP contribution is 2.18. The number of hydrogen-bond donors (Lipinski definition) is 1. The van der Waals surface area contributed by atoms with Gasteiger partial charge < -0.3 is 10.6 Å². The van der Waals surface area contributed by atoms with Gasteiger partial charge in [0.2, 0.25) is 5.91 Å². The first kappa shape index (κ1) is 16.0. The van der Waals surface area contributed by atoms with Crippen LogP contribution in [0.4, 0.5) is 0 Å². The van der Waals surface area contributed by atoms with Gasteiger partial charge in [-0.15, -0.1) is 12.4 Å². The third-order valence-corrected chi connectivity index (χ3v) is 3.84. The van der Waals surface area contributed by atoms with E-state index >= 15 is 0 Å². The van der Waals surface area contributed by atoms with Gasteiger partial charge in [-0.05, 0) is 37.3 Å². The fourth-order valence-electron chi connectivity index (χ4n) is 2.68. The third-order valence-electron chi connectivity index (χ3n) is 3.84. The molecule has 1 fully saturated rings. The summed E-state index contributed by atoms with van der Waals surface area (Å²) in [5.41, 5.74) is 8.24. The lowest BCUT2D eigenvalue weighted by atomic mass is 10.0. The van der Waals surface area contributed by atoms with Gasteiger partial charge in [0.15, 0.2) is 0 Å². The number of aryl methyl sites for hydroxylation is 2. The first-order chi connectivity index (χ1) is 8.72. The van der Waals surface area contributed by atoms with Crippen molar-refractivity contribution in [3.05, 3.63) is 35.4 Å². The monoisotopic (exact) mass is 282 g/mol. The van der Waals surface area contributed by atoms with Gasteiger partial charge in [0, 0.05) is 25.6 Å². The van der Waals surface area contributed by atoms with Crippen LogP contribution < -0.4 is 5.73 Å². The van der Waals surface area contributed by atoms with Crippen molar-refractivity contribution < 1.29 is 4.79 Å². The molecule has 2 N–H and O–H groups in total. The average molecular weight is 283 g/mol. The van der Waals surface area contributed by atoms with E-state index in [9.17, 15) is 4.79 Å². The van der Waals surface area contributed by atoms with E-state index in [1.807, 2.05) is 17.0 Å². The third kappa shape index (κ3) is 3.95. The molecule has 106 valence electrons. The van der Waals surface area contributed by atoms with Crippen LogP contribution in [0.15, 0.2) is 24.3 Å². The molecule has 1 aliphatic heterocycles. The van der Waals surface area contributed by atoms with E-state index < -0.39 is 0 Å². The maximum absolute atomic E-state index is 12.2. The second-order valence-electron chi connectivity index (χ2n) is 5.05. The van der Waals surface area contributed by atoms with Crippen LogP contribution in [0, 0.1) is 6.92 Å². The van der Waals surface area contributed by atoms with Gasteiger partial charge in [-0.3, -0.25) is 4.79 Å². The van der Waals surface area contributed by atoms with Gasteiger partial charge >= 0.3 is 0 Å². The summed E-state index contributed by atoms with van der Waals surface area (Å²) in [4.78, 5) is 14.1. The smallest absolute Gasteiger partial charge is 0.223 e. The lowest BCUT2D eigenvalue weighted by Gasteiger charge is -2.23. The van der Waals surface area contributed by atoms with Gasteiger partial charge in [0.05, 0.1) is 0 Å². The predicted molar refractivity (Wildman–Crippen MR) is 80.5 cm³/mol. The van der Waals surface area contributed by atoms with Crippen LogP contribution in [-0.4, -0.2) is 29.9 Å². The number of nitrogens with two attached hydrogens (primary N) is 1. The summed E-state index contributed by atoms with van der Waals surface area (Å²) in [5, 5.41) is 0. The molecule has 1 atom stereocenters. The molecule has 0 saturated carbocycles. The molecule has 0 bridgehead atoms. The summed E-state index contributed by atoms with van der Waals surface area (Å²) < 4.78 is 0. The zero-order valence-corrected chi connectivity index (χ0v) is 12.3. The highest BCUT2D eigenvalue weighted by Gasteiger charge is 2.26. The number of nitrogens with zero attached hydrogens (tertiary/aromatic N) is 1. The molecule has 3 nitrogen and oxygen atoms in total. The van der Waals surface area contributed by atoms with Crippen molar-refractivity contribution in [2.75, 3.05) is 13.1 Å². The van der Waals surface area contributed by atoms with E-state index in [-0.39, 0.29) is 24.4 Å². The maximum Gasteiger partial charge on any atom is 0.223 e. The summed E-state index contributed by atoms with van der Waals surface area (Å²) >= 11 is 0. The van der Waals surface area contributed by atoms with Crippen molar-refractivity contribution in [1.82, 2.24) is 4.90 Å². The highest BCUT2D eigenvalue weighted by molar-refractivity contribution is 5.85. The minimum Gasteiger partial charge on any atom is -0.338 e. The van der Waals surface area contributed by atoms with E-state index in [1.165, 1.54) is 11.1 Å². The summed E-state index contributed by atoms with van der Waals surface area (Å²) in [6, 6.07) is 8.54. The first-order valence-electron chi connectivity index (χ1n) is 6.76. The normalized spacial score (nSPS) is 18.2. The van der Waals surface area contributed by atoms with Crippen LogP contribution in [0.25, 0.3) is 0 Å². The summed E-state index contributed by atoms with van der Waals surface area (Å²) in [6.45, 7) is 3.57. The van der Waals surface area contributed by atoms with Crippen LogP contribution in [0.1, 0.15) is 30.4 Å². The molecule has 0 radical (unpaired) electrons. The molecule has 1 amide bonds. The van der Waals surface area contributed by atoms with E-state index in [0.717, 1.165) is 25.8 Å². The van der Waals surface area contributed by atoms with Crippen LogP contribution >= 0.6 is 12.4 Å². The molecular weight excluding hydrogens is 260 g/mol. The van der Waals surface area contributed by atoms with E-state index in [0.29, 0.717) is 13.0 Å². The Hall–Kier alpha value is -1.06. The van der Waals surface area contributed by atoms with Crippen molar-refractivity contribution in [2.45, 2.75) is 38.6 Å². The Labute approximate surface area is 121 Å². The largest absolute Gasteiger partial charge is 0.338 e. The predicted octanol–water partition coefficient (Wildman–Crippen LogP) is 2.30. The van der Waals surface area contributed by atoms with Gasteiger partial charge in [0.25, 0.3) is 0 Å². The van der Waals surface area contributed by atoms with Crippen LogP contribution in [-0.2, 0) is 11.2 Å². The molecule has 1 aliphatic rings. The number of carbonyl (C=O) groups excluding carboxylic acids is 1. The topological polar surface area (TPSA) is 46.3 Å². The Kier molecular flexibility index (Phi) is 6.32. The molecule has 4 heteroatoms. The number of carbonyl (C=O) groups is 1. The first-order valence-corrected chi connectivity index (χ1v) is 6.76. The molecule has 19 heavy (non-hydrogen) atoms. The zero-order chi connectivity index (χ0) is 13.0. The van der Waals surface area contributed by atoms with Gasteiger partial charge in [0.1, 0.15) is 0 Å². The number of benzene rings is 1. The van der Waals surface area contributed by atoms with Crippen LogP contribution in [0.5, 0.6) is 0 Å². The van der Waals surface area contributed by atoms with Crippen molar-refractivity contribution in [1.29, 1.82) is 0 Å². The second kappa shape index (κ2) is 7.51. The lowest BCUT2D eigenvalue weighted by molar-refractivity contribution is -0.131. The highest BCUT2D eigenvalue weighted by atomic mass is 35.5.